The fourth-order valence-corrected chi connectivity index (χ4v) is 4.58. The van der Waals surface area contributed by atoms with Crippen molar-refractivity contribution in [3.05, 3.63) is 52.4 Å². The number of Topliss-reactive ketones (excluding diaryl/α,β-unsaturated/α-hetero) is 1. The molecule has 33 heavy (non-hydrogen) atoms. The van der Waals surface area contributed by atoms with Gasteiger partial charge in [-0.3, -0.25) is 9.59 Å². The van der Waals surface area contributed by atoms with Gasteiger partial charge in [0.2, 0.25) is 0 Å². The normalized spacial score (nSPS) is 23.5. The molecule has 7 heteroatoms. The largest absolute Gasteiger partial charge is 0.468 e. The van der Waals surface area contributed by atoms with Crippen LogP contribution in [0.1, 0.15) is 52.0 Å². The smallest absolute Gasteiger partial charge is 0.337 e. The number of allylic oxidation sites excluding steroid dienone is 3. The molecule has 7 nitrogen and oxygen atoms in total. The van der Waals surface area contributed by atoms with Gasteiger partial charge >= 0.3 is 11.9 Å². The number of anilines is 1. The van der Waals surface area contributed by atoms with Gasteiger partial charge in [-0.05, 0) is 50.3 Å². The minimum absolute atomic E-state index is 0.214. The maximum absolute atomic E-state index is 13.7. The minimum atomic E-state index is -0.899. The van der Waals surface area contributed by atoms with Crippen LogP contribution in [0.5, 0.6) is 0 Å². The van der Waals surface area contributed by atoms with Gasteiger partial charge in [0.15, 0.2) is 5.78 Å². The van der Waals surface area contributed by atoms with Crippen LogP contribution in [0, 0.1) is 11.8 Å². The molecule has 0 saturated carbocycles. The maximum Gasteiger partial charge on any atom is 0.337 e. The van der Waals surface area contributed by atoms with E-state index in [9.17, 15) is 14.4 Å². The molecule has 0 bridgehead atoms. The molecule has 0 radical (unpaired) electrons. The highest BCUT2D eigenvalue weighted by atomic mass is 16.5. The molecule has 0 saturated heterocycles. The van der Waals surface area contributed by atoms with E-state index in [4.69, 9.17) is 9.47 Å². The summed E-state index contributed by atoms with van der Waals surface area (Å²) >= 11 is 0. The third kappa shape index (κ3) is 4.68. The van der Waals surface area contributed by atoms with Gasteiger partial charge in [0.05, 0.1) is 18.8 Å². The SMILES string of the molecule is CC[C@H](C)OC(=O)C1=C(C)NC2=C(C(=O)[C@H](C(=O)OC)[C@@H](C)C2)[C@@H]1c1ccc(N(C)C)cc1. The minimum Gasteiger partial charge on any atom is -0.468 e. The van der Waals surface area contributed by atoms with Crippen molar-refractivity contribution in [2.24, 2.45) is 11.8 Å². The van der Waals surface area contributed by atoms with Gasteiger partial charge < -0.3 is 19.7 Å². The van der Waals surface area contributed by atoms with Crippen molar-refractivity contribution in [1.29, 1.82) is 0 Å². The molecule has 4 atom stereocenters. The Kier molecular flexibility index (Phi) is 7.30. The lowest BCUT2D eigenvalue weighted by Crippen LogP contribution is -2.43. The number of carbonyl (C=O) groups excluding carboxylic acids is 3. The lowest BCUT2D eigenvalue weighted by Gasteiger charge is -2.38. The van der Waals surface area contributed by atoms with E-state index in [0.717, 1.165) is 16.9 Å². The van der Waals surface area contributed by atoms with E-state index in [1.54, 1.807) is 0 Å². The molecule has 0 amide bonds. The van der Waals surface area contributed by atoms with Crippen molar-refractivity contribution in [3.63, 3.8) is 0 Å². The first-order chi connectivity index (χ1) is 15.6. The van der Waals surface area contributed by atoms with E-state index in [0.29, 0.717) is 29.7 Å². The Morgan fingerprint density at radius 2 is 1.85 bits per heavy atom. The maximum atomic E-state index is 13.7. The van der Waals surface area contributed by atoms with Gasteiger partial charge in [-0.25, -0.2) is 4.79 Å². The third-order valence-electron chi connectivity index (χ3n) is 6.59. The van der Waals surface area contributed by atoms with Crippen molar-refractivity contribution in [2.75, 3.05) is 26.1 Å². The second-order valence-electron chi connectivity index (χ2n) is 9.15. The number of dihydropyridines is 1. The first-order valence-electron chi connectivity index (χ1n) is 11.4. The average Bonchev–Trinajstić information content (AvgIpc) is 2.77. The average molecular weight is 455 g/mol. The van der Waals surface area contributed by atoms with Crippen molar-refractivity contribution in [3.8, 4) is 0 Å². The number of rotatable bonds is 6. The van der Waals surface area contributed by atoms with Crippen molar-refractivity contribution in [2.45, 2.75) is 52.6 Å². The molecule has 178 valence electrons. The highest BCUT2D eigenvalue weighted by Gasteiger charge is 2.47. The van der Waals surface area contributed by atoms with E-state index in [1.165, 1.54) is 7.11 Å². The van der Waals surface area contributed by atoms with Gasteiger partial charge in [0.25, 0.3) is 0 Å². The first kappa shape index (κ1) is 24.6. The van der Waals surface area contributed by atoms with Gasteiger partial charge in [0.1, 0.15) is 5.92 Å². The Labute approximate surface area is 195 Å². The zero-order chi connectivity index (χ0) is 24.4. The fourth-order valence-electron chi connectivity index (χ4n) is 4.58. The fraction of sp³-hybridized carbons (Fsp3) is 0.500. The zero-order valence-electron chi connectivity index (χ0n) is 20.5. The van der Waals surface area contributed by atoms with Gasteiger partial charge in [-0.15, -0.1) is 0 Å². The molecule has 0 spiro atoms. The molecule has 3 rings (SSSR count). The molecular weight excluding hydrogens is 420 g/mol. The predicted molar refractivity (Wildman–Crippen MR) is 127 cm³/mol. The highest BCUT2D eigenvalue weighted by molar-refractivity contribution is 6.12. The first-order valence-corrected chi connectivity index (χ1v) is 11.4. The van der Waals surface area contributed by atoms with Crippen LogP contribution in [0.2, 0.25) is 0 Å². The summed E-state index contributed by atoms with van der Waals surface area (Å²) in [5, 5.41) is 3.29. The van der Waals surface area contributed by atoms with Crippen LogP contribution in [0.4, 0.5) is 5.69 Å². The van der Waals surface area contributed by atoms with Crippen LogP contribution in [0.3, 0.4) is 0 Å². The Morgan fingerprint density at radius 1 is 1.21 bits per heavy atom. The lowest BCUT2D eigenvalue weighted by molar-refractivity contribution is -0.151. The van der Waals surface area contributed by atoms with Crippen LogP contribution in [-0.4, -0.2) is 45.0 Å². The Morgan fingerprint density at radius 3 is 2.39 bits per heavy atom. The third-order valence-corrected chi connectivity index (χ3v) is 6.59. The second kappa shape index (κ2) is 9.81. The van der Waals surface area contributed by atoms with E-state index in [1.807, 2.05) is 71.0 Å². The summed E-state index contributed by atoms with van der Waals surface area (Å²) in [5.74, 6) is -3.04. The molecule has 1 heterocycles. The number of nitrogens with one attached hydrogen (secondary N) is 1. The summed E-state index contributed by atoms with van der Waals surface area (Å²) in [4.78, 5) is 41.5. The molecule has 1 aliphatic carbocycles. The van der Waals surface area contributed by atoms with Crippen LogP contribution < -0.4 is 10.2 Å². The second-order valence-corrected chi connectivity index (χ2v) is 9.15. The summed E-state index contributed by atoms with van der Waals surface area (Å²) in [6.07, 6.45) is 0.940. The predicted octanol–water partition coefficient (Wildman–Crippen LogP) is 3.71. The van der Waals surface area contributed by atoms with E-state index in [2.05, 4.69) is 5.32 Å². The number of hydrogen-bond donors (Lipinski definition) is 1. The van der Waals surface area contributed by atoms with Crippen LogP contribution in [0.25, 0.3) is 0 Å². The van der Waals surface area contributed by atoms with E-state index < -0.39 is 23.8 Å². The number of ether oxygens (including phenoxy) is 2. The number of nitrogens with zero attached hydrogens (tertiary/aromatic N) is 1. The van der Waals surface area contributed by atoms with Crippen molar-refractivity contribution in [1.82, 2.24) is 5.32 Å². The Bertz CT molecular complexity index is 1010. The molecule has 0 fully saturated rings. The van der Waals surface area contributed by atoms with E-state index in [-0.39, 0.29) is 17.8 Å². The number of hydrogen-bond acceptors (Lipinski definition) is 7. The molecule has 1 aromatic rings. The topological polar surface area (TPSA) is 84.9 Å². The van der Waals surface area contributed by atoms with Gasteiger partial charge in [-0.1, -0.05) is 26.0 Å². The monoisotopic (exact) mass is 454 g/mol. The number of carbonyl (C=O) groups is 3. The summed E-state index contributed by atoms with van der Waals surface area (Å²) in [6, 6.07) is 7.77. The summed E-state index contributed by atoms with van der Waals surface area (Å²) in [7, 11) is 5.19. The van der Waals surface area contributed by atoms with Crippen LogP contribution >= 0.6 is 0 Å². The van der Waals surface area contributed by atoms with Crippen molar-refractivity contribution < 1.29 is 23.9 Å². The highest BCUT2D eigenvalue weighted by Crippen LogP contribution is 2.45. The molecule has 1 aliphatic heterocycles. The summed E-state index contributed by atoms with van der Waals surface area (Å²) in [6.45, 7) is 7.50. The number of ketones is 1. The molecule has 1 N–H and O–H groups in total. The number of esters is 2. The number of benzene rings is 1. The molecule has 1 aromatic carbocycles. The molecule has 2 aliphatic rings. The van der Waals surface area contributed by atoms with E-state index >= 15 is 0 Å². The standard InChI is InChI=1S/C26H34N2O5/c1-8-15(3)33-26(31)21-16(4)27-19-13-14(2)20(25(30)32-7)24(29)23(19)22(21)17-9-11-18(12-10-17)28(5)6/h9-12,14-15,20,22,27H,8,13H2,1-7H3/t14-,15-,20+,22+/m0/s1. The zero-order valence-corrected chi connectivity index (χ0v) is 20.5. The summed E-state index contributed by atoms with van der Waals surface area (Å²) in [5.41, 5.74) is 4.08. The Hall–Kier alpha value is -3.09. The molecule has 0 aromatic heterocycles. The molecule has 0 unspecified atom stereocenters. The molecular formula is C26H34N2O5. The summed E-state index contributed by atoms with van der Waals surface area (Å²) < 4.78 is 10.6. The Balaban J connectivity index is 2.16. The lowest BCUT2D eigenvalue weighted by atomic mass is 9.69. The number of methoxy groups -OCH3 is 1. The van der Waals surface area contributed by atoms with Gasteiger partial charge in [-0.2, -0.15) is 0 Å². The van der Waals surface area contributed by atoms with Crippen molar-refractivity contribution >= 4 is 23.4 Å². The van der Waals surface area contributed by atoms with Crippen LogP contribution in [-0.2, 0) is 23.9 Å². The van der Waals surface area contributed by atoms with Gasteiger partial charge in [0, 0.05) is 42.7 Å². The quantitative estimate of drug-likeness (QED) is 0.518. The van der Waals surface area contributed by atoms with Crippen LogP contribution in [0.15, 0.2) is 46.8 Å².